The smallest absolute Gasteiger partial charge is 0.322 e. The van der Waals surface area contributed by atoms with Gasteiger partial charge >= 0.3 is 5.97 Å². The zero-order valence-corrected chi connectivity index (χ0v) is 11.7. The Labute approximate surface area is 115 Å². The van der Waals surface area contributed by atoms with Gasteiger partial charge in [0.05, 0.1) is 4.90 Å². The first-order chi connectivity index (χ1) is 9.19. The summed E-state index contributed by atoms with van der Waals surface area (Å²) in [6.07, 6.45) is 0.442. The van der Waals surface area contributed by atoms with Gasteiger partial charge in [-0.05, 0) is 24.1 Å². The topological polar surface area (TPSA) is 83.5 Å². The number of nitrogens with one attached hydrogen (secondary N) is 1. The molecule has 2 atom stereocenters. The van der Waals surface area contributed by atoms with Gasteiger partial charge in [-0.25, -0.2) is 17.2 Å². The Bertz CT molecular complexity index is 603. The third-order valence-corrected chi connectivity index (χ3v) is 4.40. The minimum atomic E-state index is -4.24. The first-order valence-electron chi connectivity index (χ1n) is 5.89. The predicted molar refractivity (Wildman–Crippen MR) is 67.6 cm³/mol. The molecular formula is C12H15F2NO4S. The van der Waals surface area contributed by atoms with Gasteiger partial charge in [-0.3, -0.25) is 4.79 Å². The van der Waals surface area contributed by atoms with Crippen LogP contribution in [-0.4, -0.2) is 25.5 Å². The van der Waals surface area contributed by atoms with Crippen LogP contribution in [0.3, 0.4) is 0 Å². The molecule has 0 heterocycles. The largest absolute Gasteiger partial charge is 0.480 e. The van der Waals surface area contributed by atoms with Crippen molar-refractivity contribution < 1.29 is 27.1 Å². The number of carbonyl (C=O) groups is 1. The molecular weight excluding hydrogens is 292 g/mol. The molecule has 1 rings (SSSR count). The standard InChI is InChI=1S/C12H15F2NO4S/c1-3-7(2)11(12(16)17)15-20(18,19)8-4-5-9(13)10(14)6-8/h4-7,11,15H,3H2,1-2H3,(H,16,17)/t7-,11-/m0/s1. The lowest BCUT2D eigenvalue weighted by Gasteiger charge is -2.20. The van der Waals surface area contributed by atoms with E-state index in [4.69, 9.17) is 5.11 Å². The molecule has 0 bridgehead atoms. The number of benzene rings is 1. The molecule has 0 saturated heterocycles. The Morgan fingerprint density at radius 3 is 2.40 bits per heavy atom. The molecule has 0 spiro atoms. The van der Waals surface area contributed by atoms with Gasteiger partial charge in [0.1, 0.15) is 6.04 Å². The summed E-state index contributed by atoms with van der Waals surface area (Å²) in [5.74, 6) is -4.28. The summed E-state index contributed by atoms with van der Waals surface area (Å²) in [6.45, 7) is 3.29. The average molecular weight is 307 g/mol. The maximum Gasteiger partial charge on any atom is 0.322 e. The normalized spacial score (nSPS) is 14.8. The van der Waals surface area contributed by atoms with Crippen molar-refractivity contribution in [1.82, 2.24) is 4.72 Å². The number of aliphatic carboxylic acids is 1. The quantitative estimate of drug-likeness (QED) is 0.838. The summed E-state index contributed by atoms with van der Waals surface area (Å²) in [4.78, 5) is 10.5. The number of halogens is 2. The van der Waals surface area contributed by atoms with Crippen molar-refractivity contribution in [3.63, 3.8) is 0 Å². The summed E-state index contributed by atoms with van der Waals surface area (Å²) < 4.78 is 51.7. The number of rotatable bonds is 6. The van der Waals surface area contributed by atoms with Crippen LogP contribution in [0.25, 0.3) is 0 Å². The fraction of sp³-hybridized carbons (Fsp3) is 0.417. The maximum atomic E-state index is 13.0. The molecule has 0 unspecified atom stereocenters. The predicted octanol–water partition coefficient (Wildman–Crippen LogP) is 1.74. The van der Waals surface area contributed by atoms with E-state index in [1.807, 2.05) is 4.72 Å². The molecule has 1 aromatic rings. The Balaban J connectivity index is 3.09. The third kappa shape index (κ3) is 3.73. The van der Waals surface area contributed by atoms with E-state index in [0.29, 0.717) is 18.6 Å². The fourth-order valence-corrected chi connectivity index (χ4v) is 2.83. The van der Waals surface area contributed by atoms with Gasteiger partial charge in [0.15, 0.2) is 11.6 Å². The molecule has 0 fully saturated rings. The third-order valence-electron chi connectivity index (χ3n) is 2.96. The second-order valence-electron chi connectivity index (χ2n) is 4.40. The summed E-state index contributed by atoms with van der Waals surface area (Å²) >= 11 is 0. The lowest BCUT2D eigenvalue weighted by atomic mass is 10.0. The lowest BCUT2D eigenvalue weighted by Crippen LogP contribution is -2.44. The van der Waals surface area contributed by atoms with Crippen molar-refractivity contribution in [3.8, 4) is 0 Å². The van der Waals surface area contributed by atoms with Crippen LogP contribution in [-0.2, 0) is 14.8 Å². The van der Waals surface area contributed by atoms with Crippen LogP contribution in [0, 0.1) is 17.6 Å². The van der Waals surface area contributed by atoms with E-state index in [9.17, 15) is 22.0 Å². The van der Waals surface area contributed by atoms with E-state index < -0.39 is 44.5 Å². The van der Waals surface area contributed by atoms with E-state index in [1.54, 1.807) is 13.8 Å². The monoisotopic (exact) mass is 307 g/mol. The first-order valence-corrected chi connectivity index (χ1v) is 7.37. The van der Waals surface area contributed by atoms with E-state index in [0.717, 1.165) is 6.07 Å². The van der Waals surface area contributed by atoms with Gasteiger partial charge in [-0.1, -0.05) is 20.3 Å². The Morgan fingerprint density at radius 2 is 1.95 bits per heavy atom. The number of carboxylic acid groups (broad SMARTS) is 1. The molecule has 0 aromatic heterocycles. The molecule has 0 amide bonds. The fourth-order valence-electron chi connectivity index (χ4n) is 1.52. The zero-order valence-electron chi connectivity index (χ0n) is 10.9. The zero-order chi connectivity index (χ0) is 15.5. The molecule has 2 N–H and O–H groups in total. The molecule has 0 aliphatic carbocycles. The van der Waals surface area contributed by atoms with Crippen molar-refractivity contribution in [2.24, 2.45) is 5.92 Å². The molecule has 112 valence electrons. The van der Waals surface area contributed by atoms with Crippen molar-refractivity contribution in [3.05, 3.63) is 29.8 Å². The molecule has 0 aliphatic heterocycles. The minimum Gasteiger partial charge on any atom is -0.480 e. The lowest BCUT2D eigenvalue weighted by molar-refractivity contribution is -0.140. The Morgan fingerprint density at radius 1 is 1.35 bits per heavy atom. The number of carboxylic acids is 1. The highest BCUT2D eigenvalue weighted by Gasteiger charge is 2.29. The van der Waals surface area contributed by atoms with E-state index in [1.165, 1.54) is 0 Å². The van der Waals surface area contributed by atoms with Gasteiger partial charge in [-0.15, -0.1) is 0 Å². The SMILES string of the molecule is CC[C@H](C)[C@H](NS(=O)(=O)c1ccc(F)c(F)c1)C(=O)O. The van der Waals surface area contributed by atoms with Gasteiger partial charge in [0, 0.05) is 0 Å². The van der Waals surface area contributed by atoms with Crippen LogP contribution in [0.1, 0.15) is 20.3 Å². The van der Waals surface area contributed by atoms with Crippen LogP contribution in [0.2, 0.25) is 0 Å². The van der Waals surface area contributed by atoms with Crippen LogP contribution in [0.15, 0.2) is 23.1 Å². The molecule has 1 aromatic carbocycles. The van der Waals surface area contributed by atoms with Crippen molar-refractivity contribution in [2.45, 2.75) is 31.2 Å². The van der Waals surface area contributed by atoms with E-state index in [-0.39, 0.29) is 0 Å². The summed E-state index contributed by atoms with van der Waals surface area (Å²) in [5, 5.41) is 9.02. The van der Waals surface area contributed by atoms with Crippen molar-refractivity contribution >= 4 is 16.0 Å². The number of hydrogen-bond donors (Lipinski definition) is 2. The van der Waals surface area contributed by atoms with Gasteiger partial charge in [-0.2, -0.15) is 4.72 Å². The molecule has 0 saturated carbocycles. The molecule has 0 aliphatic rings. The van der Waals surface area contributed by atoms with Gasteiger partial charge < -0.3 is 5.11 Å². The van der Waals surface area contributed by atoms with Crippen LogP contribution < -0.4 is 4.72 Å². The Hall–Kier alpha value is -1.54. The van der Waals surface area contributed by atoms with Crippen LogP contribution >= 0.6 is 0 Å². The second kappa shape index (κ2) is 6.27. The molecule has 5 nitrogen and oxygen atoms in total. The van der Waals surface area contributed by atoms with Crippen molar-refractivity contribution in [2.75, 3.05) is 0 Å². The minimum absolute atomic E-state index is 0.442. The number of hydrogen-bond acceptors (Lipinski definition) is 3. The summed E-state index contributed by atoms with van der Waals surface area (Å²) in [7, 11) is -4.24. The van der Waals surface area contributed by atoms with Crippen molar-refractivity contribution in [1.29, 1.82) is 0 Å². The molecule has 0 radical (unpaired) electrons. The highest BCUT2D eigenvalue weighted by atomic mass is 32.2. The van der Waals surface area contributed by atoms with E-state index in [2.05, 4.69) is 0 Å². The highest BCUT2D eigenvalue weighted by molar-refractivity contribution is 7.89. The average Bonchev–Trinajstić information content (AvgIpc) is 2.38. The van der Waals surface area contributed by atoms with Crippen LogP contribution in [0.4, 0.5) is 8.78 Å². The Kier molecular flexibility index (Phi) is 5.18. The molecule has 8 heteroatoms. The summed E-state index contributed by atoms with van der Waals surface area (Å²) in [6, 6.07) is 0.713. The van der Waals surface area contributed by atoms with Gasteiger partial charge in [0.25, 0.3) is 0 Å². The summed E-state index contributed by atoms with van der Waals surface area (Å²) in [5.41, 5.74) is 0. The van der Waals surface area contributed by atoms with Crippen LogP contribution in [0.5, 0.6) is 0 Å². The first kappa shape index (κ1) is 16.5. The highest BCUT2D eigenvalue weighted by Crippen LogP contribution is 2.16. The van der Waals surface area contributed by atoms with E-state index >= 15 is 0 Å². The maximum absolute atomic E-state index is 13.0. The molecule has 20 heavy (non-hydrogen) atoms. The van der Waals surface area contributed by atoms with Gasteiger partial charge in [0.2, 0.25) is 10.0 Å². The number of sulfonamides is 1. The second-order valence-corrected chi connectivity index (χ2v) is 6.11.